The van der Waals surface area contributed by atoms with Crippen LogP contribution in [0.4, 0.5) is 5.69 Å². The second kappa shape index (κ2) is 5.57. The van der Waals surface area contributed by atoms with Gasteiger partial charge in [-0.1, -0.05) is 53.7 Å². The molecule has 1 aromatic carbocycles. The molecule has 0 aliphatic carbocycles. The van der Waals surface area contributed by atoms with Crippen LogP contribution in [-0.2, 0) is 5.41 Å². The molecule has 1 nitrogen and oxygen atoms in total. The van der Waals surface area contributed by atoms with E-state index in [4.69, 9.17) is 0 Å². The highest BCUT2D eigenvalue weighted by Crippen LogP contribution is 2.24. The van der Waals surface area contributed by atoms with Gasteiger partial charge in [0.2, 0.25) is 0 Å². The Morgan fingerprint density at radius 3 is 1.94 bits per heavy atom. The summed E-state index contributed by atoms with van der Waals surface area (Å²) in [5, 5.41) is 3.61. The summed E-state index contributed by atoms with van der Waals surface area (Å²) in [5.41, 5.74) is 2.86. The molecule has 1 N–H and O–H groups in total. The van der Waals surface area contributed by atoms with Crippen LogP contribution in [-0.4, -0.2) is 6.04 Å². The minimum absolute atomic E-state index is 0.237. The zero-order valence-electron chi connectivity index (χ0n) is 12.2. The molecule has 0 spiro atoms. The second-order valence-corrected chi connectivity index (χ2v) is 6.23. The quantitative estimate of drug-likeness (QED) is 0.785. The number of benzene rings is 1. The summed E-state index contributed by atoms with van der Waals surface area (Å²) in [7, 11) is 0. The fourth-order valence-electron chi connectivity index (χ4n) is 2.02. The monoisotopic (exact) mass is 233 g/mol. The Hall–Kier alpha value is -0.980. The highest BCUT2D eigenvalue weighted by atomic mass is 14.9. The summed E-state index contributed by atoms with van der Waals surface area (Å²) in [6.07, 6.45) is 1.17. The van der Waals surface area contributed by atoms with Gasteiger partial charge in [-0.3, -0.25) is 0 Å². The third kappa shape index (κ3) is 4.07. The van der Waals surface area contributed by atoms with E-state index < -0.39 is 0 Å². The van der Waals surface area contributed by atoms with E-state index in [1.807, 2.05) is 0 Å². The number of nitrogens with one attached hydrogen (secondary N) is 1. The van der Waals surface area contributed by atoms with E-state index in [1.54, 1.807) is 0 Å². The van der Waals surface area contributed by atoms with Crippen molar-refractivity contribution in [2.24, 2.45) is 5.92 Å². The normalized spacial score (nSPS) is 13.8. The van der Waals surface area contributed by atoms with E-state index in [1.165, 1.54) is 17.7 Å². The van der Waals surface area contributed by atoms with Crippen molar-refractivity contribution >= 4 is 5.69 Å². The molecular formula is C16H27N. The van der Waals surface area contributed by atoms with E-state index in [-0.39, 0.29) is 5.41 Å². The van der Waals surface area contributed by atoms with Gasteiger partial charge in [0.05, 0.1) is 0 Å². The van der Waals surface area contributed by atoms with E-state index in [9.17, 15) is 0 Å². The lowest BCUT2D eigenvalue weighted by Crippen LogP contribution is -2.24. The van der Waals surface area contributed by atoms with Crippen LogP contribution in [0.3, 0.4) is 0 Å². The van der Waals surface area contributed by atoms with E-state index in [2.05, 4.69) is 71.1 Å². The molecule has 1 unspecified atom stereocenters. The van der Waals surface area contributed by atoms with Gasteiger partial charge in [-0.05, 0) is 35.4 Å². The molecule has 1 aromatic rings. The van der Waals surface area contributed by atoms with Crippen LogP contribution < -0.4 is 5.32 Å². The minimum atomic E-state index is 0.237. The third-order valence-electron chi connectivity index (χ3n) is 3.35. The lowest BCUT2D eigenvalue weighted by molar-refractivity contribution is 0.511. The van der Waals surface area contributed by atoms with Crippen LogP contribution in [0.5, 0.6) is 0 Å². The fraction of sp³-hybridized carbons (Fsp3) is 0.625. The number of hydrogen-bond donors (Lipinski definition) is 1. The molecule has 96 valence electrons. The summed E-state index contributed by atoms with van der Waals surface area (Å²) in [4.78, 5) is 0. The molecule has 0 saturated carbocycles. The summed E-state index contributed by atoms with van der Waals surface area (Å²) < 4.78 is 0. The standard InChI is InChI=1S/C16H27N/c1-7-15(12(2)3)17-14-10-8-13(9-11-14)16(4,5)6/h8-12,15,17H,7H2,1-6H3. The van der Waals surface area contributed by atoms with Crippen molar-refractivity contribution in [1.29, 1.82) is 0 Å². The van der Waals surface area contributed by atoms with Crippen molar-refractivity contribution in [2.75, 3.05) is 5.32 Å². The fourth-order valence-corrected chi connectivity index (χ4v) is 2.02. The lowest BCUT2D eigenvalue weighted by Gasteiger charge is -2.23. The van der Waals surface area contributed by atoms with Crippen molar-refractivity contribution < 1.29 is 0 Å². The highest BCUT2D eigenvalue weighted by Gasteiger charge is 2.14. The maximum atomic E-state index is 3.61. The number of rotatable bonds is 4. The number of anilines is 1. The van der Waals surface area contributed by atoms with Crippen molar-refractivity contribution in [3.05, 3.63) is 29.8 Å². The van der Waals surface area contributed by atoms with Crippen LogP contribution in [0.25, 0.3) is 0 Å². The molecule has 0 aromatic heterocycles. The zero-order chi connectivity index (χ0) is 13.1. The first-order valence-electron chi connectivity index (χ1n) is 6.71. The van der Waals surface area contributed by atoms with Crippen molar-refractivity contribution in [3.8, 4) is 0 Å². The molecule has 1 heteroatoms. The zero-order valence-corrected chi connectivity index (χ0v) is 12.2. The smallest absolute Gasteiger partial charge is 0.0342 e. The molecule has 0 fully saturated rings. The van der Waals surface area contributed by atoms with Gasteiger partial charge in [-0.2, -0.15) is 0 Å². The van der Waals surface area contributed by atoms with E-state index in [0.717, 1.165) is 0 Å². The van der Waals surface area contributed by atoms with Crippen LogP contribution in [0.2, 0.25) is 0 Å². The van der Waals surface area contributed by atoms with E-state index in [0.29, 0.717) is 12.0 Å². The van der Waals surface area contributed by atoms with Gasteiger partial charge in [0.25, 0.3) is 0 Å². The van der Waals surface area contributed by atoms with Crippen LogP contribution in [0.1, 0.15) is 53.5 Å². The van der Waals surface area contributed by atoms with Gasteiger partial charge in [-0.25, -0.2) is 0 Å². The Morgan fingerprint density at radius 1 is 1.06 bits per heavy atom. The first-order chi connectivity index (χ1) is 7.84. The van der Waals surface area contributed by atoms with Gasteiger partial charge < -0.3 is 5.32 Å². The number of hydrogen-bond acceptors (Lipinski definition) is 1. The SMILES string of the molecule is CCC(Nc1ccc(C(C)(C)C)cc1)C(C)C. The van der Waals surface area contributed by atoms with Gasteiger partial charge in [0.1, 0.15) is 0 Å². The maximum absolute atomic E-state index is 3.61. The molecule has 0 bridgehead atoms. The molecule has 0 radical (unpaired) electrons. The minimum Gasteiger partial charge on any atom is -0.382 e. The Labute approximate surface area is 107 Å². The van der Waals surface area contributed by atoms with Crippen molar-refractivity contribution in [1.82, 2.24) is 0 Å². The lowest BCUT2D eigenvalue weighted by atomic mass is 9.87. The maximum Gasteiger partial charge on any atom is 0.0342 e. The Balaban J connectivity index is 2.75. The average Bonchev–Trinajstić information content (AvgIpc) is 2.25. The molecule has 1 atom stereocenters. The third-order valence-corrected chi connectivity index (χ3v) is 3.35. The Morgan fingerprint density at radius 2 is 1.59 bits per heavy atom. The van der Waals surface area contributed by atoms with Crippen LogP contribution >= 0.6 is 0 Å². The molecule has 0 aliphatic heterocycles. The topological polar surface area (TPSA) is 12.0 Å². The summed E-state index contributed by atoms with van der Waals surface area (Å²) in [6.45, 7) is 13.5. The highest BCUT2D eigenvalue weighted by molar-refractivity contribution is 5.46. The second-order valence-electron chi connectivity index (χ2n) is 6.23. The van der Waals surface area contributed by atoms with Gasteiger partial charge >= 0.3 is 0 Å². The summed E-state index contributed by atoms with van der Waals surface area (Å²) in [5.74, 6) is 0.669. The molecule has 0 aliphatic rings. The Bertz CT molecular complexity index is 330. The predicted molar refractivity (Wildman–Crippen MR) is 77.7 cm³/mol. The van der Waals surface area contributed by atoms with Crippen molar-refractivity contribution in [2.45, 2.75) is 59.4 Å². The van der Waals surface area contributed by atoms with Crippen LogP contribution in [0, 0.1) is 5.92 Å². The molecule has 0 amide bonds. The first-order valence-corrected chi connectivity index (χ1v) is 6.71. The Kier molecular flexibility index (Phi) is 4.62. The summed E-state index contributed by atoms with van der Waals surface area (Å²) >= 11 is 0. The molecular weight excluding hydrogens is 206 g/mol. The molecule has 0 heterocycles. The van der Waals surface area contributed by atoms with Crippen molar-refractivity contribution in [3.63, 3.8) is 0 Å². The van der Waals surface area contributed by atoms with Gasteiger partial charge in [-0.15, -0.1) is 0 Å². The van der Waals surface area contributed by atoms with Gasteiger partial charge in [0.15, 0.2) is 0 Å². The molecule has 17 heavy (non-hydrogen) atoms. The summed E-state index contributed by atoms with van der Waals surface area (Å²) in [6, 6.07) is 9.43. The molecule has 0 saturated heterocycles. The first kappa shape index (κ1) is 14.1. The average molecular weight is 233 g/mol. The predicted octanol–water partition coefficient (Wildman–Crippen LogP) is 4.83. The van der Waals surface area contributed by atoms with Crippen LogP contribution in [0.15, 0.2) is 24.3 Å². The van der Waals surface area contributed by atoms with E-state index >= 15 is 0 Å². The largest absolute Gasteiger partial charge is 0.382 e. The van der Waals surface area contributed by atoms with Gasteiger partial charge in [0, 0.05) is 11.7 Å². The molecule has 1 rings (SSSR count).